The maximum Gasteiger partial charge on any atom is 0.326 e. The molecule has 7 heteroatoms. The number of para-hydroxylation sites is 3. The van der Waals surface area contributed by atoms with Crippen LogP contribution in [0.4, 0.5) is 5.69 Å². The van der Waals surface area contributed by atoms with Crippen molar-refractivity contribution in [1.82, 2.24) is 9.55 Å². The first-order valence-corrected chi connectivity index (χ1v) is 15.5. The zero-order valence-electron chi connectivity index (χ0n) is 24.9. The lowest BCUT2D eigenvalue weighted by molar-refractivity contribution is -0.155. The van der Waals surface area contributed by atoms with Gasteiger partial charge in [-0.1, -0.05) is 103 Å². The number of thioether (sulfide) groups is 1. The number of anilines is 1. The van der Waals surface area contributed by atoms with Gasteiger partial charge < -0.3 is 14.2 Å². The first-order valence-electron chi connectivity index (χ1n) is 14.6. The summed E-state index contributed by atoms with van der Waals surface area (Å²) in [7, 11) is 0. The van der Waals surface area contributed by atoms with Crippen LogP contribution in [-0.2, 0) is 20.9 Å². The van der Waals surface area contributed by atoms with E-state index in [-0.39, 0.29) is 18.4 Å². The van der Waals surface area contributed by atoms with Gasteiger partial charge in [-0.05, 0) is 62.6 Å². The molecule has 0 atom stereocenters. The van der Waals surface area contributed by atoms with E-state index in [2.05, 4.69) is 0 Å². The summed E-state index contributed by atoms with van der Waals surface area (Å²) in [6, 6.07) is 37.6. The molecule has 0 spiro atoms. The summed E-state index contributed by atoms with van der Waals surface area (Å²) in [5.74, 6) is 0.0283. The van der Waals surface area contributed by atoms with Crippen LogP contribution in [0, 0.1) is 0 Å². The lowest BCUT2D eigenvalue weighted by Crippen LogP contribution is -2.36. The normalized spacial score (nSPS) is 11.5. The highest BCUT2D eigenvalue weighted by molar-refractivity contribution is 7.99. The van der Waals surface area contributed by atoms with E-state index in [0.29, 0.717) is 6.54 Å². The third-order valence-corrected chi connectivity index (χ3v) is 7.99. The van der Waals surface area contributed by atoms with Crippen molar-refractivity contribution in [2.75, 3.05) is 17.2 Å². The number of imidazole rings is 1. The van der Waals surface area contributed by atoms with Crippen molar-refractivity contribution in [3.8, 4) is 0 Å². The van der Waals surface area contributed by atoms with E-state index in [1.165, 1.54) is 0 Å². The molecule has 0 unspecified atom stereocenters. The molecule has 220 valence electrons. The van der Waals surface area contributed by atoms with Crippen LogP contribution < -0.4 is 4.90 Å². The number of carbonyl (C=O) groups is 2. The van der Waals surface area contributed by atoms with E-state index >= 15 is 0 Å². The van der Waals surface area contributed by atoms with Gasteiger partial charge in [0, 0.05) is 18.0 Å². The molecule has 0 saturated carbocycles. The fourth-order valence-electron chi connectivity index (χ4n) is 5.10. The van der Waals surface area contributed by atoms with Gasteiger partial charge in [-0.25, -0.2) is 4.98 Å². The highest BCUT2D eigenvalue weighted by atomic mass is 32.2. The molecule has 0 aliphatic heterocycles. The van der Waals surface area contributed by atoms with Crippen LogP contribution in [0.3, 0.4) is 0 Å². The van der Waals surface area contributed by atoms with Gasteiger partial charge in [-0.15, -0.1) is 0 Å². The molecule has 0 N–H and O–H groups in total. The van der Waals surface area contributed by atoms with Gasteiger partial charge in [0.25, 0.3) is 0 Å². The van der Waals surface area contributed by atoms with E-state index in [0.717, 1.165) is 45.2 Å². The van der Waals surface area contributed by atoms with Gasteiger partial charge in [0.15, 0.2) is 5.16 Å². The van der Waals surface area contributed by atoms with Crippen molar-refractivity contribution in [2.24, 2.45) is 0 Å². The Kier molecular flexibility index (Phi) is 9.62. The minimum Gasteiger partial charge on any atom is -0.459 e. The van der Waals surface area contributed by atoms with Crippen LogP contribution in [0.25, 0.3) is 11.0 Å². The standard InChI is InChI=1S/C36H37N3O3S/c1-36(2,3)42-32(40)26-39-31-23-14-13-22-30(31)37-35(39)43-25-15-24-38(29-20-11-6-12-21-29)34(41)33(27-16-7-4-8-17-27)28-18-9-5-10-19-28/h4-14,16-23,33H,15,24-26H2,1-3H3. The smallest absolute Gasteiger partial charge is 0.326 e. The third kappa shape index (κ3) is 7.73. The molecule has 1 aromatic heterocycles. The number of amides is 1. The van der Waals surface area contributed by atoms with Crippen molar-refractivity contribution in [2.45, 2.75) is 50.4 Å². The summed E-state index contributed by atoms with van der Waals surface area (Å²) in [6.45, 7) is 6.23. The molecule has 0 aliphatic rings. The Labute approximate surface area is 257 Å². The number of fused-ring (bicyclic) bond motifs is 1. The Balaban J connectivity index is 1.35. The van der Waals surface area contributed by atoms with Gasteiger partial charge >= 0.3 is 5.97 Å². The fourth-order valence-corrected chi connectivity index (χ4v) is 6.04. The predicted molar refractivity (Wildman–Crippen MR) is 174 cm³/mol. The zero-order chi connectivity index (χ0) is 30.2. The minimum atomic E-state index is -0.564. The molecular formula is C36H37N3O3S. The highest BCUT2D eigenvalue weighted by Gasteiger charge is 2.28. The second-order valence-corrected chi connectivity index (χ2v) is 12.4. The maximum atomic E-state index is 14.4. The molecule has 0 fully saturated rings. The average Bonchev–Trinajstić information content (AvgIpc) is 3.34. The van der Waals surface area contributed by atoms with E-state index < -0.39 is 11.5 Å². The SMILES string of the molecule is CC(C)(C)OC(=O)Cn1c(SCCCN(C(=O)C(c2ccccc2)c2ccccc2)c2ccccc2)nc2ccccc21. The van der Waals surface area contributed by atoms with Crippen molar-refractivity contribution in [1.29, 1.82) is 0 Å². The predicted octanol–water partition coefficient (Wildman–Crippen LogP) is 7.73. The first-order chi connectivity index (χ1) is 20.8. The number of hydrogen-bond donors (Lipinski definition) is 0. The molecule has 43 heavy (non-hydrogen) atoms. The molecule has 1 amide bonds. The minimum absolute atomic E-state index is 0.0331. The Hall–Kier alpha value is -4.36. The molecule has 0 bridgehead atoms. The number of esters is 1. The van der Waals surface area contributed by atoms with Crippen LogP contribution in [-0.4, -0.2) is 39.3 Å². The molecule has 6 nitrogen and oxygen atoms in total. The lowest BCUT2D eigenvalue weighted by Gasteiger charge is -2.28. The monoisotopic (exact) mass is 591 g/mol. The van der Waals surface area contributed by atoms with Gasteiger partial charge in [0.2, 0.25) is 5.91 Å². The molecule has 1 heterocycles. The maximum absolute atomic E-state index is 14.4. The number of carbonyl (C=O) groups excluding carboxylic acids is 2. The number of nitrogens with zero attached hydrogens (tertiary/aromatic N) is 3. The van der Waals surface area contributed by atoms with E-state index in [1.807, 2.05) is 145 Å². The summed E-state index contributed by atoms with van der Waals surface area (Å²) < 4.78 is 7.53. The Morgan fingerprint density at radius 3 is 1.98 bits per heavy atom. The van der Waals surface area contributed by atoms with Gasteiger partial charge in [0.1, 0.15) is 12.1 Å². The number of rotatable bonds is 11. The largest absolute Gasteiger partial charge is 0.459 e. The molecular weight excluding hydrogens is 554 g/mol. The molecule has 0 radical (unpaired) electrons. The van der Waals surface area contributed by atoms with Crippen LogP contribution >= 0.6 is 11.8 Å². The summed E-state index contributed by atoms with van der Waals surface area (Å²) in [4.78, 5) is 33.8. The Bertz CT molecular complexity index is 1610. The zero-order valence-corrected chi connectivity index (χ0v) is 25.7. The van der Waals surface area contributed by atoms with E-state index in [1.54, 1.807) is 11.8 Å². The topological polar surface area (TPSA) is 64.4 Å². The first kappa shape index (κ1) is 30.1. The van der Waals surface area contributed by atoms with Crippen molar-refractivity contribution >= 4 is 40.4 Å². The van der Waals surface area contributed by atoms with E-state index in [4.69, 9.17) is 9.72 Å². The molecule has 5 rings (SSSR count). The second-order valence-electron chi connectivity index (χ2n) is 11.3. The summed E-state index contributed by atoms with van der Waals surface area (Å²) in [5, 5.41) is 0.760. The fraction of sp³-hybridized carbons (Fsp3) is 0.250. The van der Waals surface area contributed by atoms with Crippen molar-refractivity contribution in [3.63, 3.8) is 0 Å². The van der Waals surface area contributed by atoms with Gasteiger partial charge in [0.05, 0.1) is 17.0 Å². The number of benzene rings is 4. The number of aromatic nitrogens is 2. The van der Waals surface area contributed by atoms with E-state index in [9.17, 15) is 9.59 Å². The number of ether oxygens (including phenoxy) is 1. The second kappa shape index (κ2) is 13.7. The summed E-state index contributed by atoms with van der Waals surface area (Å²) in [5.41, 5.74) is 3.96. The van der Waals surface area contributed by atoms with Gasteiger partial charge in [-0.3, -0.25) is 9.59 Å². The van der Waals surface area contributed by atoms with Crippen LogP contribution in [0.15, 0.2) is 120 Å². The Morgan fingerprint density at radius 1 is 0.814 bits per heavy atom. The molecule has 4 aromatic carbocycles. The highest BCUT2D eigenvalue weighted by Crippen LogP contribution is 2.30. The van der Waals surface area contributed by atoms with Crippen molar-refractivity contribution in [3.05, 3.63) is 126 Å². The lowest BCUT2D eigenvalue weighted by atomic mass is 9.89. The Morgan fingerprint density at radius 2 is 1.37 bits per heavy atom. The van der Waals surface area contributed by atoms with Crippen LogP contribution in [0.2, 0.25) is 0 Å². The van der Waals surface area contributed by atoms with Crippen LogP contribution in [0.5, 0.6) is 0 Å². The molecule has 0 saturated heterocycles. The average molecular weight is 592 g/mol. The molecule has 5 aromatic rings. The third-order valence-electron chi connectivity index (χ3n) is 6.93. The quantitative estimate of drug-likeness (QED) is 0.0894. The van der Waals surface area contributed by atoms with Crippen LogP contribution in [0.1, 0.15) is 44.2 Å². The summed E-state index contributed by atoms with van der Waals surface area (Å²) >= 11 is 1.59. The molecule has 0 aliphatic carbocycles. The number of hydrogen-bond acceptors (Lipinski definition) is 5. The van der Waals surface area contributed by atoms with Crippen molar-refractivity contribution < 1.29 is 14.3 Å². The summed E-state index contributed by atoms with van der Waals surface area (Å²) in [6.07, 6.45) is 0.733. The van der Waals surface area contributed by atoms with Gasteiger partial charge in [-0.2, -0.15) is 0 Å².